The monoisotopic (exact) mass is 242 g/mol. The molecule has 3 rings (SSSR count). The highest BCUT2D eigenvalue weighted by atomic mass is 16.6. The molecule has 3 aliphatic rings. The van der Waals surface area contributed by atoms with Crippen molar-refractivity contribution in [2.75, 3.05) is 0 Å². The third kappa shape index (κ3) is 1.66. The summed E-state index contributed by atoms with van der Waals surface area (Å²) in [5.41, 5.74) is 1.43. The first kappa shape index (κ1) is 11.2. The van der Waals surface area contributed by atoms with Crippen LogP contribution in [-0.4, -0.2) is 12.2 Å². The van der Waals surface area contributed by atoms with E-state index in [1.165, 1.54) is 0 Å². The average Bonchev–Trinajstić information content (AvgIpc) is 2.43. The first-order valence-electron chi connectivity index (χ1n) is 6.43. The number of hydrogen-bond donors (Lipinski definition) is 0. The molecule has 0 amide bonds. The fourth-order valence-electron chi connectivity index (χ4n) is 2.87. The Morgan fingerprint density at radius 1 is 0.833 bits per heavy atom. The second kappa shape index (κ2) is 4.38. The Balaban J connectivity index is 1.98. The van der Waals surface area contributed by atoms with E-state index < -0.39 is 0 Å². The van der Waals surface area contributed by atoms with Crippen molar-refractivity contribution in [1.82, 2.24) is 0 Å². The van der Waals surface area contributed by atoms with Gasteiger partial charge in [0.1, 0.15) is 0 Å². The van der Waals surface area contributed by atoms with Gasteiger partial charge in [-0.3, -0.25) is 0 Å². The Morgan fingerprint density at radius 2 is 1.28 bits per heavy atom. The molecule has 1 fully saturated rings. The van der Waals surface area contributed by atoms with E-state index in [1.54, 1.807) is 0 Å². The topological polar surface area (TPSA) is 66.0 Å². The van der Waals surface area contributed by atoms with Crippen LogP contribution in [0.25, 0.3) is 0 Å². The Morgan fingerprint density at radius 3 is 1.67 bits per heavy atom. The van der Waals surface area contributed by atoms with Gasteiger partial charge in [-0.1, -0.05) is 0 Å². The number of rotatable bonds is 0. The molecule has 4 heteroatoms. The summed E-state index contributed by atoms with van der Waals surface area (Å²) >= 11 is 0. The van der Waals surface area contributed by atoms with E-state index in [1.807, 2.05) is 0 Å². The summed E-state index contributed by atoms with van der Waals surface area (Å²) in [6.07, 6.45) is 4.89. The van der Waals surface area contributed by atoms with E-state index in [0.29, 0.717) is 0 Å². The molecule has 0 aromatic rings. The van der Waals surface area contributed by atoms with E-state index in [2.05, 4.69) is 12.1 Å². The Labute approximate surface area is 106 Å². The number of hydrogen-bond acceptors (Lipinski definition) is 4. The highest BCUT2D eigenvalue weighted by molar-refractivity contribution is 5.35. The van der Waals surface area contributed by atoms with Crippen LogP contribution in [0.1, 0.15) is 38.5 Å². The normalized spacial score (nSPS) is 30.3. The van der Waals surface area contributed by atoms with Crippen LogP contribution in [-0.2, 0) is 9.47 Å². The van der Waals surface area contributed by atoms with Gasteiger partial charge in [0.05, 0.1) is 23.3 Å². The van der Waals surface area contributed by atoms with Crippen molar-refractivity contribution in [3.8, 4) is 12.1 Å². The number of ether oxygens (including phenoxy) is 2. The molecule has 92 valence electrons. The van der Waals surface area contributed by atoms with Crippen molar-refractivity contribution in [2.24, 2.45) is 0 Å². The van der Waals surface area contributed by atoms with E-state index in [9.17, 15) is 0 Å². The standard InChI is InChI=1S/C14H14N2O2/c15-7-9-3-1-5-11-13(9)18-12-6-2-4-10(8-16)14(12)17-11/h11-12H,1-6H2. The number of fused-ring (bicyclic) bond motifs is 2. The van der Waals surface area contributed by atoms with Crippen molar-refractivity contribution >= 4 is 0 Å². The second-order valence-electron chi connectivity index (χ2n) is 4.91. The molecule has 2 unspecified atom stereocenters. The van der Waals surface area contributed by atoms with Gasteiger partial charge in [0.25, 0.3) is 0 Å². The predicted molar refractivity (Wildman–Crippen MR) is 62.7 cm³/mol. The Bertz CT molecular complexity index is 471. The van der Waals surface area contributed by atoms with Gasteiger partial charge < -0.3 is 9.47 Å². The zero-order valence-electron chi connectivity index (χ0n) is 10.1. The van der Waals surface area contributed by atoms with Crippen LogP contribution in [0.5, 0.6) is 0 Å². The van der Waals surface area contributed by atoms with Crippen molar-refractivity contribution in [1.29, 1.82) is 10.5 Å². The van der Waals surface area contributed by atoms with Crippen molar-refractivity contribution < 1.29 is 9.47 Å². The summed E-state index contributed by atoms with van der Waals surface area (Å²) in [5, 5.41) is 18.2. The van der Waals surface area contributed by atoms with E-state index in [4.69, 9.17) is 20.0 Å². The van der Waals surface area contributed by atoms with Crippen LogP contribution < -0.4 is 0 Å². The zero-order chi connectivity index (χ0) is 12.5. The molecule has 2 atom stereocenters. The first-order valence-corrected chi connectivity index (χ1v) is 6.43. The first-order chi connectivity index (χ1) is 8.83. The van der Waals surface area contributed by atoms with Crippen LogP contribution >= 0.6 is 0 Å². The fourth-order valence-corrected chi connectivity index (χ4v) is 2.87. The van der Waals surface area contributed by atoms with Crippen LogP contribution in [0.3, 0.4) is 0 Å². The molecule has 2 aliphatic carbocycles. The average molecular weight is 242 g/mol. The lowest BCUT2D eigenvalue weighted by molar-refractivity contribution is -0.0551. The van der Waals surface area contributed by atoms with Gasteiger partial charge in [0.2, 0.25) is 0 Å². The largest absolute Gasteiger partial charge is 0.482 e. The molecule has 0 spiro atoms. The maximum Gasteiger partial charge on any atom is 0.156 e. The van der Waals surface area contributed by atoms with Crippen LogP contribution in [0.15, 0.2) is 22.7 Å². The lowest BCUT2D eigenvalue weighted by atomic mass is 9.91. The quantitative estimate of drug-likeness (QED) is 0.655. The molecule has 18 heavy (non-hydrogen) atoms. The van der Waals surface area contributed by atoms with Crippen LogP contribution in [0.4, 0.5) is 0 Å². The molecule has 0 N–H and O–H groups in total. The van der Waals surface area contributed by atoms with Gasteiger partial charge >= 0.3 is 0 Å². The van der Waals surface area contributed by atoms with Crippen molar-refractivity contribution in [3.05, 3.63) is 22.7 Å². The molecule has 0 radical (unpaired) electrons. The van der Waals surface area contributed by atoms with Gasteiger partial charge in [0.15, 0.2) is 23.7 Å². The zero-order valence-corrected chi connectivity index (χ0v) is 10.1. The second-order valence-corrected chi connectivity index (χ2v) is 4.91. The minimum absolute atomic E-state index is 0.152. The summed E-state index contributed by atoms with van der Waals surface area (Å²) < 4.78 is 11.9. The summed E-state index contributed by atoms with van der Waals surface area (Å²) in [6.45, 7) is 0. The minimum Gasteiger partial charge on any atom is -0.482 e. The minimum atomic E-state index is -0.152. The highest BCUT2D eigenvalue weighted by Crippen LogP contribution is 2.40. The highest BCUT2D eigenvalue weighted by Gasteiger charge is 2.39. The molecule has 0 aromatic carbocycles. The summed E-state index contributed by atoms with van der Waals surface area (Å²) in [5.74, 6) is 1.44. The molecule has 4 nitrogen and oxygen atoms in total. The SMILES string of the molecule is N#CC1=C2OC3CCCC(C#N)=C3OC2CCC1. The summed E-state index contributed by atoms with van der Waals surface area (Å²) in [4.78, 5) is 0. The molecule has 1 aliphatic heterocycles. The lowest BCUT2D eigenvalue weighted by Crippen LogP contribution is -2.37. The Kier molecular flexibility index (Phi) is 2.72. The number of nitriles is 2. The van der Waals surface area contributed by atoms with E-state index in [-0.39, 0.29) is 12.2 Å². The van der Waals surface area contributed by atoms with Gasteiger partial charge in [-0.15, -0.1) is 0 Å². The van der Waals surface area contributed by atoms with Gasteiger partial charge in [-0.25, -0.2) is 0 Å². The summed E-state index contributed by atoms with van der Waals surface area (Å²) in [6, 6.07) is 4.43. The third-order valence-corrected chi connectivity index (χ3v) is 3.77. The maximum absolute atomic E-state index is 9.12. The Hall–Kier alpha value is -1.94. The molecule has 1 saturated heterocycles. The molecular weight excluding hydrogens is 228 g/mol. The molecular formula is C14H14N2O2. The molecule has 0 saturated carbocycles. The summed E-state index contributed by atoms with van der Waals surface area (Å²) in [7, 11) is 0. The predicted octanol–water partition coefficient (Wildman–Crippen LogP) is 2.69. The molecule has 0 aromatic heterocycles. The number of allylic oxidation sites excluding steroid dienone is 2. The third-order valence-electron chi connectivity index (χ3n) is 3.77. The number of nitrogens with zero attached hydrogens (tertiary/aromatic N) is 2. The molecule has 0 bridgehead atoms. The van der Waals surface area contributed by atoms with Gasteiger partial charge in [-0.2, -0.15) is 10.5 Å². The molecule has 1 heterocycles. The maximum atomic E-state index is 9.12. The van der Waals surface area contributed by atoms with Gasteiger partial charge in [0, 0.05) is 0 Å². The van der Waals surface area contributed by atoms with Gasteiger partial charge in [-0.05, 0) is 38.5 Å². The van der Waals surface area contributed by atoms with Crippen LogP contribution in [0.2, 0.25) is 0 Å². The van der Waals surface area contributed by atoms with E-state index >= 15 is 0 Å². The fraction of sp³-hybridized carbons (Fsp3) is 0.571. The van der Waals surface area contributed by atoms with Crippen molar-refractivity contribution in [3.63, 3.8) is 0 Å². The smallest absolute Gasteiger partial charge is 0.156 e. The lowest BCUT2D eigenvalue weighted by Gasteiger charge is -2.39. The van der Waals surface area contributed by atoms with E-state index in [0.717, 1.165) is 61.2 Å². The van der Waals surface area contributed by atoms with Crippen LogP contribution in [0, 0.1) is 22.7 Å². The van der Waals surface area contributed by atoms with Crippen molar-refractivity contribution in [2.45, 2.75) is 50.7 Å².